The molecule has 1 N–H and O–H groups in total. The third-order valence-corrected chi connectivity index (χ3v) is 5.13. The van der Waals surface area contributed by atoms with Gasteiger partial charge in [-0.25, -0.2) is 16.8 Å². The number of rotatable bonds is 7. The molecule has 0 aliphatic carbocycles. The predicted molar refractivity (Wildman–Crippen MR) is 63.0 cm³/mol. The van der Waals surface area contributed by atoms with Crippen LogP contribution in [-0.4, -0.2) is 62.6 Å². The molecule has 0 fully saturated rings. The summed E-state index contributed by atoms with van der Waals surface area (Å²) in [7, 11) is -7.27. The van der Waals surface area contributed by atoms with Crippen LogP contribution in [0, 0.1) is 0 Å². The summed E-state index contributed by atoms with van der Waals surface area (Å²) in [5, 5.41) is 8.60. The van der Waals surface area contributed by atoms with E-state index in [1.807, 2.05) is 0 Å². The van der Waals surface area contributed by atoms with Crippen molar-refractivity contribution < 1.29 is 26.7 Å². The van der Waals surface area contributed by atoms with Gasteiger partial charge in [-0.2, -0.15) is 4.31 Å². The van der Waals surface area contributed by atoms with Crippen LogP contribution in [0.2, 0.25) is 0 Å². The second kappa shape index (κ2) is 5.78. The highest BCUT2D eigenvalue weighted by molar-refractivity contribution is 7.93. The first kappa shape index (κ1) is 16.3. The highest BCUT2D eigenvalue weighted by atomic mass is 32.2. The molecule has 0 aromatic carbocycles. The lowest BCUT2D eigenvalue weighted by Crippen LogP contribution is -2.42. The van der Waals surface area contributed by atoms with E-state index in [0.717, 1.165) is 10.6 Å². The normalized spacial score (nSPS) is 13.2. The summed E-state index contributed by atoms with van der Waals surface area (Å²) in [6.07, 6.45) is 0.930. The van der Waals surface area contributed by atoms with Crippen LogP contribution in [0.4, 0.5) is 0 Å². The van der Waals surface area contributed by atoms with Gasteiger partial charge in [-0.15, -0.1) is 0 Å². The Morgan fingerprint density at radius 3 is 1.94 bits per heavy atom. The van der Waals surface area contributed by atoms with Gasteiger partial charge in [0.05, 0.1) is 11.5 Å². The minimum absolute atomic E-state index is 0.516. The molecule has 0 spiro atoms. The number of nitrogens with zero attached hydrogens (tertiary/aromatic N) is 1. The van der Waals surface area contributed by atoms with E-state index >= 15 is 0 Å². The smallest absolute Gasteiger partial charge is 0.318 e. The standard InChI is InChI=1S/C8H17NO6S2/c1-7(2)9(6-8(10)11)17(14,15)5-4-16(3,12)13/h7H,4-6H2,1-3H3,(H,10,11). The molecule has 7 nitrogen and oxygen atoms in total. The van der Waals surface area contributed by atoms with Crippen LogP contribution in [0.3, 0.4) is 0 Å². The van der Waals surface area contributed by atoms with Crippen LogP contribution in [0.15, 0.2) is 0 Å². The zero-order valence-electron chi connectivity index (χ0n) is 9.95. The third kappa shape index (κ3) is 6.59. The number of sulfonamides is 1. The maximum Gasteiger partial charge on any atom is 0.318 e. The van der Waals surface area contributed by atoms with E-state index in [4.69, 9.17) is 5.11 Å². The number of carbonyl (C=O) groups is 1. The zero-order chi connectivity index (χ0) is 13.9. The Bertz CT molecular complexity index is 464. The molecule has 0 rings (SSSR count). The van der Waals surface area contributed by atoms with E-state index in [0.29, 0.717) is 0 Å². The molecular formula is C8H17NO6S2. The van der Waals surface area contributed by atoms with Crippen molar-refractivity contribution in [3.63, 3.8) is 0 Å². The van der Waals surface area contributed by atoms with E-state index < -0.39 is 49.9 Å². The van der Waals surface area contributed by atoms with Crippen molar-refractivity contribution in [3.05, 3.63) is 0 Å². The zero-order valence-corrected chi connectivity index (χ0v) is 11.6. The van der Waals surface area contributed by atoms with Gasteiger partial charge in [-0.05, 0) is 13.8 Å². The molecule has 0 amide bonds. The Kier molecular flexibility index (Phi) is 5.56. The molecule has 0 saturated heterocycles. The topological polar surface area (TPSA) is 109 Å². The van der Waals surface area contributed by atoms with Crippen LogP contribution in [0.25, 0.3) is 0 Å². The molecule has 0 saturated carbocycles. The first-order chi connectivity index (χ1) is 7.46. The lowest BCUT2D eigenvalue weighted by atomic mass is 10.4. The summed E-state index contributed by atoms with van der Waals surface area (Å²) in [5.41, 5.74) is 0. The average molecular weight is 287 g/mol. The summed E-state index contributed by atoms with van der Waals surface area (Å²) >= 11 is 0. The Hall–Kier alpha value is -0.670. The molecule has 0 heterocycles. The number of aliphatic carboxylic acids is 1. The maximum absolute atomic E-state index is 11.8. The van der Waals surface area contributed by atoms with Crippen LogP contribution in [0.5, 0.6) is 0 Å². The molecule has 102 valence electrons. The monoisotopic (exact) mass is 287 g/mol. The van der Waals surface area contributed by atoms with Gasteiger partial charge in [0.15, 0.2) is 0 Å². The van der Waals surface area contributed by atoms with Gasteiger partial charge in [0.2, 0.25) is 10.0 Å². The number of carboxylic acids is 1. The van der Waals surface area contributed by atoms with Crippen LogP contribution < -0.4 is 0 Å². The van der Waals surface area contributed by atoms with Crippen molar-refractivity contribution in [2.24, 2.45) is 0 Å². The lowest BCUT2D eigenvalue weighted by molar-refractivity contribution is -0.137. The number of hydrogen-bond donors (Lipinski definition) is 1. The van der Waals surface area contributed by atoms with E-state index in [1.165, 1.54) is 13.8 Å². The first-order valence-electron chi connectivity index (χ1n) is 4.85. The maximum atomic E-state index is 11.8. The lowest BCUT2D eigenvalue weighted by Gasteiger charge is -2.23. The molecule has 0 aliphatic heterocycles. The third-order valence-electron chi connectivity index (χ3n) is 1.94. The highest BCUT2D eigenvalue weighted by Gasteiger charge is 2.27. The fourth-order valence-corrected chi connectivity index (χ4v) is 4.35. The van der Waals surface area contributed by atoms with E-state index in [1.54, 1.807) is 0 Å². The molecular weight excluding hydrogens is 270 g/mol. The average Bonchev–Trinajstić information content (AvgIpc) is 2.09. The Balaban J connectivity index is 4.91. The molecule has 0 bridgehead atoms. The number of carboxylic acid groups (broad SMARTS) is 1. The predicted octanol–water partition coefficient (Wildman–Crippen LogP) is -0.844. The van der Waals surface area contributed by atoms with Gasteiger partial charge in [0, 0.05) is 12.3 Å². The first-order valence-corrected chi connectivity index (χ1v) is 8.51. The SMILES string of the molecule is CC(C)N(CC(=O)O)S(=O)(=O)CCS(C)(=O)=O. The van der Waals surface area contributed by atoms with Crippen molar-refractivity contribution in [2.75, 3.05) is 24.3 Å². The van der Waals surface area contributed by atoms with Crippen molar-refractivity contribution in [1.29, 1.82) is 0 Å². The van der Waals surface area contributed by atoms with Gasteiger partial charge in [-0.1, -0.05) is 0 Å². The van der Waals surface area contributed by atoms with Crippen molar-refractivity contribution >= 4 is 25.8 Å². The van der Waals surface area contributed by atoms with Crippen LogP contribution in [0.1, 0.15) is 13.8 Å². The van der Waals surface area contributed by atoms with Crippen molar-refractivity contribution in [3.8, 4) is 0 Å². The summed E-state index contributed by atoms with van der Waals surface area (Å²) in [4.78, 5) is 10.5. The number of hydrogen-bond acceptors (Lipinski definition) is 5. The molecule has 0 aliphatic rings. The fraction of sp³-hybridized carbons (Fsp3) is 0.875. The highest BCUT2D eigenvalue weighted by Crippen LogP contribution is 2.08. The van der Waals surface area contributed by atoms with Crippen molar-refractivity contribution in [2.45, 2.75) is 19.9 Å². The van der Waals surface area contributed by atoms with Gasteiger partial charge in [0.25, 0.3) is 0 Å². The fourth-order valence-electron chi connectivity index (χ4n) is 1.11. The van der Waals surface area contributed by atoms with Crippen LogP contribution >= 0.6 is 0 Å². The second-order valence-corrected chi connectivity index (χ2v) is 8.28. The second-order valence-electron chi connectivity index (χ2n) is 3.98. The quantitative estimate of drug-likeness (QED) is 0.653. The largest absolute Gasteiger partial charge is 0.480 e. The Morgan fingerprint density at radius 2 is 1.65 bits per heavy atom. The molecule has 0 aromatic rings. The van der Waals surface area contributed by atoms with Crippen molar-refractivity contribution in [1.82, 2.24) is 4.31 Å². The molecule has 0 aromatic heterocycles. The van der Waals surface area contributed by atoms with E-state index in [-0.39, 0.29) is 0 Å². The summed E-state index contributed by atoms with van der Waals surface area (Å²) in [6, 6.07) is -0.532. The Labute approximate surface area is 101 Å². The van der Waals surface area contributed by atoms with Gasteiger partial charge in [0.1, 0.15) is 16.4 Å². The molecule has 17 heavy (non-hydrogen) atoms. The molecule has 0 unspecified atom stereocenters. The summed E-state index contributed by atoms with van der Waals surface area (Å²) < 4.78 is 46.1. The minimum Gasteiger partial charge on any atom is -0.480 e. The molecule has 9 heteroatoms. The van der Waals surface area contributed by atoms with E-state index in [9.17, 15) is 21.6 Å². The number of sulfone groups is 1. The van der Waals surface area contributed by atoms with Gasteiger partial charge in [-0.3, -0.25) is 4.79 Å². The minimum atomic E-state index is -3.88. The molecule has 0 atom stereocenters. The summed E-state index contributed by atoms with van der Waals surface area (Å²) in [6.45, 7) is 2.39. The molecule has 0 radical (unpaired) electrons. The van der Waals surface area contributed by atoms with Gasteiger partial charge < -0.3 is 5.11 Å². The van der Waals surface area contributed by atoms with Crippen LogP contribution in [-0.2, 0) is 24.7 Å². The Morgan fingerprint density at radius 1 is 1.18 bits per heavy atom. The van der Waals surface area contributed by atoms with Gasteiger partial charge >= 0.3 is 5.97 Å². The summed E-state index contributed by atoms with van der Waals surface area (Å²) in [5.74, 6) is -2.39. The van der Waals surface area contributed by atoms with E-state index in [2.05, 4.69) is 0 Å².